The van der Waals surface area contributed by atoms with Crippen molar-refractivity contribution in [2.75, 3.05) is 19.6 Å². The van der Waals surface area contributed by atoms with Crippen molar-refractivity contribution in [2.45, 2.75) is 24.2 Å². The Labute approximate surface area is 88.4 Å². The highest BCUT2D eigenvalue weighted by atomic mass is 35.5. The lowest BCUT2D eigenvalue weighted by molar-refractivity contribution is -0.129. The van der Waals surface area contributed by atoms with E-state index in [4.69, 9.17) is 23.2 Å². The summed E-state index contributed by atoms with van der Waals surface area (Å²) in [5.41, 5.74) is 0. The predicted octanol–water partition coefficient (Wildman–Crippen LogP) is 1.00. The molecule has 1 unspecified atom stereocenters. The van der Waals surface area contributed by atoms with Gasteiger partial charge in [-0.05, 0) is 13.3 Å². The van der Waals surface area contributed by atoms with E-state index in [0.29, 0.717) is 12.6 Å². The molecule has 1 aliphatic heterocycles. The summed E-state index contributed by atoms with van der Waals surface area (Å²) in [4.78, 5) is 12.2. The summed E-state index contributed by atoms with van der Waals surface area (Å²) in [5, 5.41) is 3.29. The van der Waals surface area contributed by atoms with Gasteiger partial charge in [0.1, 0.15) is 0 Å². The normalized spacial score (nSPS) is 24.6. The molecule has 1 atom stereocenters. The minimum Gasteiger partial charge on any atom is -0.339 e. The number of carbonyl (C=O) groups is 1. The molecule has 0 aliphatic carbocycles. The highest BCUT2D eigenvalue weighted by molar-refractivity contribution is 6.53. The van der Waals surface area contributed by atoms with Crippen molar-refractivity contribution in [1.29, 1.82) is 0 Å². The maximum Gasteiger partial charge on any atom is 0.255 e. The highest BCUT2D eigenvalue weighted by Crippen LogP contribution is 2.09. The van der Waals surface area contributed by atoms with Crippen molar-refractivity contribution in [2.24, 2.45) is 0 Å². The Bertz CT molecular complexity index is 187. The van der Waals surface area contributed by atoms with Crippen LogP contribution < -0.4 is 5.32 Å². The van der Waals surface area contributed by atoms with Gasteiger partial charge in [0, 0.05) is 25.7 Å². The summed E-state index contributed by atoms with van der Waals surface area (Å²) >= 11 is 11.0. The van der Waals surface area contributed by atoms with Gasteiger partial charge < -0.3 is 10.2 Å². The van der Waals surface area contributed by atoms with Gasteiger partial charge in [0.25, 0.3) is 5.91 Å². The number of amides is 1. The minimum absolute atomic E-state index is 0.181. The monoisotopic (exact) mass is 224 g/mol. The Morgan fingerprint density at radius 1 is 1.54 bits per heavy atom. The molecular weight excluding hydrogens is 211 g/mol. The Morgan fingerprint density at radius 2 is 2.23 bits per heavy atom. The summed E-state index contributed by atoms with van der Waals surface area (Å²) < 4.78 is 0. The number of nitrogens with one attached hydrogen (secondary N) is 1. The van der Waals surface area contributed by atoms with E-state index in [9.17, 15) is 4.79 Å². The van der Waals surface area contributed by atoms with Crippen LogP contribution in [0.25, 0.3) is 0 Å². The third-order valence-corrected chi connectivity index (χ3v) is 2.58. The Kier molecular flexibility index (Phi) is 4.29. The predicted molar refractivity (Wildman–Crippen MR) is 54.2 cm³/mol. The molecule has 1 aliphatic rings. The molecule has 1 rings (SSSR count). The quantitative estimate of drug-likeness (QED) is 0.675. The zero-order chi connectivity index (χ0) is 9.84. The lowest BCUT2D eigenvalue weighted by Gasteiger charge is -2.20. The number of alkyl halides is 2. The van der Waals surface area contributed by atoms with E-state index in [2.05, 4.69) is 12.2 Å². The topological polar surface area (TPSA) is 32.3 Å². The van der Waals surface area contributed by atoms with E-state index in [1.54, 1.807) is 4.90 Å². The van der Waals surface area contributed by atoms with Gasteiger partial charge in [-0.2, -0.15) is 0 Å². The molecule has 0 aromatic heterocycles. The summed E-state index contributed by atoms with van der Waals surface area (Å²) in [7, 11) is 0. The second-order valence-electron chi connectivity index (χ2n) is 3.27. The summed E-state index contributed by atoms with van der Waals surface area (Å²) in [6.45, 7) is 4.35. The zero-order valence-corrected chi connectivity index (χ0v) is 9.11. The summed E-state index contributed by atoms with van der Waals surface area (Å²) in [5.74, 6) is -0.181. The molecule has 0 aromatic carbocycles. The van der Waals surface area contributed by atoms with Crippen LogP contribution in [0.4, 0.5) is 0 Å². The van der Waals surface area contributed by atoms with Gasteiger partial charge in [-0.25, -0.2) is 0 Å². The zero-order valence-electron chi connectivity index (χ0n) is 7.59. The SMILES string of the molecule is CC1CCN(C(=O)C(Cl)Cl)CCN1. The van der Waals surface area contributed by atoms with E-state index in [-0.39, 0.29) is 5.91 Å². The van der Waals surface area contributed by atoms with E-state index >= 15 is 0 Å². The van der Waals surface area contributed by atoms with Crippen LogP contribution in [0.3, 0.4) is 0 Å². The molecule has 5 heteroatoms. The third kappa shape index (κ3) is 3.33. The molecule has 0 spiro atoms. The van der Waals surface area contributed by atoms with Gasteiger partial charge in [-0.15, -0.1) is 0 Å². The molecule has 3 nitrogen and oxygen atoms in total. The Morgan fingerprint density at radius 3 is 2.85 bits per heavy atom. The van der Waals surface area contributed by atoms with Crippen molar-refractivity contribution in [1.82, 2.24) is 10.2 Å². The Hall–Kier alpha value is 0.01000. The van der Waals surface area contributed by atoms with E-state index in [0.717, 1.165) is 19.5 Å². The average Bonchev–Trinajstić information content (AvgIpc) is 2.28. The molecule has 1 heterocycles. The van der Waals surface area contributed by atoms with Crippen LogP contribution in [0, 0.1) is 0 Å². The van der Waals surface area contributed by atoms with Crippen LogP contribution in [-0.4, -0.2) is 41.3 Å². The molecule has 0 saturated carbocycles. The van der Waals surface area contributed by atoms with Gasteiger partial charge in [0.2, 0.25) is 0 Å². The average molecular weight is 225 g/mol. The Balaban J connectivity index is 2.46. The number of hydrogen-bond donors (Lipinski definition) is 1. The van der Waals surface area contributed by atoms with Crippen molar-refractivity contribution in [3.8, 4) is 0 Å². The van der Waals surface area contributed by atoms with Crippen LogP contribution in [0.1, 0.15) is 13.3 Å². The maximum absolute atomic E-state index is 11.4. The third-order valence-electron chi connectivity index (χ3n) is 2.20. The van der Waals surface area contributed by atoms with E-state index in [1.165, 1.54) is 0 Å². The largest absolute Gasteiger partial charge is 0.339 e. The summed E-state index contributed by atoms with van der Waals surface area (Å²) in [6.07, 6.45) is 0.951. The molecule has 0 bridgehead atoms. The number of rotatable bonds is 1. The molecule has 1 saturated heterocycles. The first-order valence-electron chi connectivity index (χ1n) is 4.41. The number of hydrogen-bond acceptors (Lipinski definition) is 2. The fraction of sp³-hybridized carbons (Fsp3) is 0.875. The highest BCUT2D eigenvalue weighted by Gasteiger charge is 2.22. The first-order valence-corrected chi connectivity index (χ1v) is 5.29. The summed E-state index contributed by atoms with van der Waals surface area (Å²) in [6, 6.07) is 0.460. The van der Waals surface area contributed by atoms with Gasteiger partial charge in [-0.3, -0.25) is 4.79 Å². The van der Waals surface area contributed by atoms with Crippen LogP contribution in [0.5, 0.6) is 0 Å². The molecule has 76 valence electrons. The molecule has 1 fully saturated rings. The molecule has 1 amide bonds. The molecular formula is C8H14Cl2N2O. The van der Waals surface area contributed by atoms with E-state index in [1.807, 2.05) is 0 Å². The first-order chi connectivity index (χ1) is 6.11. The number of nitrogens with zero attached hydrogens (tertiary/aromatic N) is 1. The first kappa shape index (κ1) is 11.1. The lowest BCUT2D eigenvalue weighted by atomic mass is 10.2. The van der Waals surface area contributed by atoms with Gasteiger partial charge in [0.15, 0.2) is 4.84 Å². The van der Waals surface area contributed by atoms with Crippen molar-refractivity contribution in [3.63, 3.8) is 0 Å². The van der Waals surface area contributed by atoms with Crippen molar-refractivity contribution < 1.29 is 4.79 Å². The molecule has 1 N–H and O–H groups in total. The van der Waals surface area contributed by atoms with Crippen LogP contribution >= 0.6 is 23.2 Å². The maximum atomic E-state index is 11.4. The molecule has 0 aromatic rings. The van der Waals surface area contributed by atoms with Crippen LogP contribution in [-0.2, 0) is 4.79 Å². The van der Waals surface area contributed by atoms with Crippen molar-refractivity contribution in [3.05, 3.63) is 0 Å². The molecule has 13 heavy (non-hydrogen) atoms. The van der Waals surface area contributed by atoms with Gasteiger partial charge in [-0.1, -0.05) is 23.2 Å². The van der Waals surface area contributed by atoms with Crippen molar-refractivity contribution >= 4 is 29.1 Å². The van der Waals surface area contributed by atoms with E-state index < -0.39 is 4.84 Å². The van der Waals surface area contributed by atoms with Crippen LogP contribution in [0.15, 0.2) is 0 Å². The number of halogens is 2. The fourth-order valence-electron chi connectivity index (χ4n) is 1.37. The molecule has 0 radical (unpaired) electrons. The van der Waals surface area contributed by atoms with Crippen LogP contribution in [0.2, 0.25) is 0 Å². The standard InChI is InChI=1S/C8H14Cl2N2O/c1-6-2-4-12(5-3-11-6)8(13)7(9)10/h6-7,11H,2-5H2,1H3. The smallest absolute Gasteiger partial charge is 0.255 e. The second kappa shape index (κ2) is 5.03. The number of carbonyl (C=O) groups excluding carboxylic acids is 1. The second-order valence-corrected chi connectivity index (χ2v) is 4.37. The minimum atomic E-state index is -0.923. The van der Waals surface area contributed by atoms with Gasteiger partial charge in [0.05, 0.1) is 0 Å². The lowest BCUT2D eigenvalue weighted by Crippen LogP contribution is -2.37. The van der Waals surface area contributed by atoms with Gasteiger partial charge >= 0.3 is 0 Å². The fourth-order valence-corrected chi connectivity index (χ4v) is 1.64.